The summed E-state index contributed by atoms with van der Waals surface area (Å²) in [7, 11) is 0. The Morgan fingerprint density at radius 2 is 1.83 bits per heavy atom. The molecule has 3 aromatic carbocycles. The van der Waals surface area contributed by atoms with Gasteiger partial charge in [0.25, 0.3) is 0 Å². The number of nitrogens with zero attached hydrogens (tertiary/aromatic N) is 3. The quantitative estimate of drug-likeness (QED) is 0.312. The summed E-state index contributed by atoms with van der Waals surface area (Å²) in [5.41, 5.74) is 2.79. The van der Waals surface area contributed by atoms with Crippen LogP contribution in [0.4, 0.5) is 5.69 Å². The highest BCUT2D eigenvalue weighted by Gasteiger charge is 2.16. The lowest BCUT2D eigenvalue weighted by molar-refractivity contribution is -0.115. The number of nitrogens with one attached hydrogen (secondary N) is 1. The first kappa shape index (κ1) is 24.1. The molecule has 6 nitrogen and oxygen atoms in total. The molecule has 6 heteroatoms. The molecule has 1 aliphatic heterocycles. The van der Waals surface area contributed by atoms with Gasteiger partial charge in [0.2, 0.25) is 5.91 Å². The number of fused-ring (bicyclic) bond motifs is 1. The molecule has 1 N–H and O–H groups in total. The zero-order chi connectivity index (χ0) is 24.7. The molecule has 5 rings (SSSR count). The molecule has 1 fully saturated rings. The van der Waals surface area contributed by atoms with Gasteiger partial charge in [0, 0.05) is 24.2 Å². The number of likely N-dealkylation sites (tertiary alicyclic amines) is 1. The molecule has 1 aromatic heterocycles. The van der Waals surface area contributed by atoms with Crippen molar-refractivity contribution in [1.29, 1.82) is 0 Å². The average molecular weight is 483 g/mol. The first-order valence-electron chi connectivity index (χ1n) is 12.9. The fraction of sp³-hybridized carbons (Fsp3) is 0.333. The maximum Gasteiger partial charge on any atom is 0.228 e. The van der Waals surface area contributed by atoms with Crippen LogP contribution in [0.5, 0.6) is 11.5 Å². The van der Waals surface area contributed by atoms with Gasteiger partial charge in [-0.1, -0.05) is 37.3 Å². The second kappa shape index (κ2) is 11.4. The van der Waals surface area contributed by atoms with Crippen molar-refractivity contribution >= 4 is 22.5 Å². The van der Waals surface area contributed by atoms with Gasteiger partial charge in [0.05, 0.1) is 18.1 Å². The van der Waals surface area contributed by atoms with Crippen molar-refractivity contribution in [2.45, 2.75) is 39.2 Å². The molecule has 0 bridgehead atoms. The topological polar surface area (TPSA) is 59.4 Å². The molecule has 0 aliphatic carbocycles. The van der Waals surface area contributed by atoms with Crippen LogP contribution in [0, 0.1) is 5.92 Å². The van der Waals surface area contributed by atoms with E-state index in [2.05, 4.69) is 26.9 Å². The van der Waals surface area contributed by atoms with Crippen LogP contribution in [-0.2, 0) is 17.8 Å². The molecule has 186 valence electrons. The van der Waals surface area contributed by atoms with Gasteiger partial charge in [-0.15, -0.1) is 0 Å². The normalized spacial score (nSPS) is 16.2. The van der Waals surface area contributed by atoms with E-state index in [1.54, 1.807) is 0 Å². The summed E-state index contributed by atoms with van der Waals surface area (Å²) >= 11 is 0. The fourth-order valence-corrected chi connectivity index (χ4v) is 4.95. The van der Waals surface area contributed by atoms with E-state index in [-0.39, 0.29) is 5.91 Å². The number of anilines is 1. The third kappa shape index (κ3) is 6.32. The zero-order valence-corrected chi connectivity index (χ0v) is 20.9. The van der Waals surface area contributed by atoms with E-state index >= 15 is 0 Å². The molecule has 1 atom stereocenters. The van der Waals surface area contributed by atoms with Crippen molar-refractivity contribution in [2.75, 3.05) is 25.0 Å². The minimum absolute atomic E-state index is 0.0450. The van der Waals surface area contributed by atoms with Crippen LogP contribution >= 0.6 is 0 Å². The number of para-hydroxylation sites is 1. The molecule has 0 saturated carbocycles. The van der Waals surface area contributed by atoms with Crippen LogP contribution < -0.4 is 10.1 Å². The van der Waals surface area contributed by atoms with Crippen LogP contribution in [-0.4, -0.2) is 40.2 Å². The molecule has 1 amide bonds. The van der Waals surface area contributed by atoms with Crippen LogP contribution in [0.15, 0.2) is 79.0 Å². The van der Waals surface area contributed by atoms with E-state index in [1.165, 1.54) is 25.9 Å². The number of hydrogen-bond acceptors (Lipinski definition) is 4. The fourth-order valence-electron chi connectivity index (χ4n) is 4.95. The van der Waals surface area contributed by atoms with Gasteiger partial charge < -0.3 is 15.0 Å². The Morgan fingerprint density at radius 1 is 1.03 bits per heavy atom. The van der Waals surface area contributed by atoms with Crippen molar-refractivity contribution < 1.29 is 9.53 Å². The number of rotatable bonds is 9. The molecular weight excluding hydrogens is 448 g/mol. The third-order valence-electron chi connectivity index (χ3n) is 6.78. The second-order valence-corrected chi connectivity index (χ2v) is 9.83. The standard InChI is InChI=1S/C30H34N4O2/c1-23-7-5-16-33(22-23)17-6-18-34-29-20-26(13-12-25(29)21-31-34)32-30(35)19-24-10-14-28(15-11-24)36-27-8-3-2-4-9-27/h2-4,8-15,20-21,23H,5-7,16-19,22H2,1H3,(H,32,35). The number of benzene rings is 3. The molecule has 1 aliphatic rings. The lowest BCUT2D eigenvalue weighted by Gasteiger charge is -2.30. The minimum atomic E-state index is -0.0450. The SMILES string of the molecule is CC1CCCN(CCCn2ncc3ccc(NC(=O)Cc4ccc(Oc5ccccc5)cc4)cc32)C1. The van der Waals surface area contributed by atoms with E-state index in [1.807, 2.05) is 79.0 Å². The average Bonchev–Trinajstić information content (AvgIpc) is 3.28. The molecular formula is C30H34N4O2. The van der Waals surface area contributed by atoms with Crippen molar-refractivity contribution in [1.82, 2.24) is 14.7 Å². The highest BCUT2D eigenvalue weighted by Crippen LogP contribution is 2.23. The van der Waals surface area contributed by atoms with Crippen molar-refractivity contribution in [3.63, 3.8) is 0 Å². The molecule has 36 heavy (non-hydrogen) atoms. The van der Waals surface area contributed by atoms with Crippen LogP contribution in [0.1, 0.15) is 31.7 Å². The Balaban J connectivity index is 1.15. The third-order valence-corrected chi connectivity index (χ3v) is 6.78. The summed E-state index contributed by atoms with van der Waals surface area (Å²) in [5, 5.41) is 8.73. The maximum atomic E-state index is 12.7. The van der Waals surface area contributed by atoms with Gasteiger partial charge in [-0.3, -0.25) is 9.48 Å². The Bertz CT molecular complexity index is 1280. The molecule has 4 aromatic rings. The summed E-state index contributed by atoms with van der Waals surface area (Å²) in [5.74, 6) is 2.30. The van der Waals surface area contributed by atoms with Gasteiger partial charge in [-0.05, 0) is 86.3 Å². The second-order valence-electron chi connectivity index (χ2n) is 9.83. The largest absolute Gasteiger partial charge is 0.457 e. The summed E-state index contributed by atoms with van der Waals surface area (Å²) in [6.07, 6.45) is 5.94. The van der Waals surface area contributed by atoms with Gasteiger partial charge in [0.15, 0.2) is 0 Å². The number of carbonyl (C=O) groups excluding carboxylic acids is 1. The minimum Gasteiger partial charge on any atom is -0.457 e. The molecule has 1 unspecified atom stereocenters. The Hall–Kier alpha value is -3.64. The van der Waals surface area contributed by atoms with Gasteiger partial charge in [0.1, 0.15) is 11.5 Å². The molecule has 0 radical (unpaired) electrons. The highest BCUT2D eigenvalue weighted by atomic mass is 16.5. The molecule has 0 spiro atoms. The van der Waals surface area contributed by atoms with Gasteiger partial charge in [-0.25, -0.2) is 0 Å². The first-order valence-corrected chi connectivity index (χ1v) is 12.9. The Morgan fingerprint density at radius 3 is 2.64 bits per heavy atom. The number of hydrogen-bond donors (Lipinski definition) is 1. The van der Waals surface area contributed by atoms with Gasteiger partial charge >= 0.3 is 0 Å². The van der Waals surface area contributed by atoms with Crippen molar-refractivity contribution in [3.8, 4) is 11.5 Å². The predicted molar refractivity (Wildman–Crippen MR) is 144 cm³/mol. The Kier molecular flexibility index (Phi) is 7.62. The first-order chi connectivity index (χ1) is 17.6. The predicted octanol–water partition coefficient (Wildman–Crippen LogP) is 6.13. The van der Waals surface area contributed by atoms with Crippen molar-refractivity contribution in [2.24, 2.45) is 5.92 Å². The van der Waals surface area contributed by atoms with E-state index in [9.17, 15) is 4.79 Å². The van der Waals surface area contributed by atoms with E-state index < -0.39 is 0 Å². The van der Waals surface area contributed by atoms with Crippen molar-refractivity contribution in [3.05, 3.63) is 84.6 Å². The highest BCUT2D eigenvalue weighted by molar-refractivity contribution is 5.94. The molecule has 2 heterocycles. The number of piperidine rings is 1. The maximum absolute atomic E-state index is 12.7. The smallest absolute Gasteiger partial charge is 0.228 e. The summed E-state index contributed by atoms with van der Waals surface area (Å²) < 4.78 is 7.89. The van der Waals surface area contributed by atoms with E-state index in [4.69, 9.17) is 4.74 Å². The summed E-state index contributed by atoms with van der Waals surface area (Å²) in [4.78, 5) is 15.3. The van der Waals surface area contributed by atoms with Crippen LogP contribution in [0.2, 0.25) is 0 Å². The lowest BCUT2D eigenvalue weighted by Crippen LogP contribution is -2.35. The number of amides is 1. The van der Waals surface area contributed by atoms with E-state index in [0.717, 1.165) is 59.1 Å². The van der Waals surface area contributed by atoms with Crippen LogP contribution in [0.25, 0.3) is 10.9 Å². The monoisotopic (exact) mass is 482 g/mol. The number of aromatic nitrogens is 2. The van der Waals surface area contributed by atoms with Gasteiger partial charge in [-0.2, -0.15) is 5.10 Å². The number of aryl methyl sites for hydroxylation is 1. The number of carbonyl (C=O) groups is 1. The van der Waals surface area contributed by atoms with E-state index in [0.29, 0.717) is 6.42 Å². The zero-order valence-electron chi connectivity index (χ0n) is 20.9. The Labute approximate surface area is 212 Å². The number of ether oxygens (including phenoxy) is 1. The lowest BCUT2D eigenvalue weighted by atomic mass is 10.0. The summed E-state index contributed by atoms with van der Waals surface area (Å²) in [6, 6.07) is 23.3. The molecule has 1 saturated heterocycles. The van der Waals surface area contributed by atoms with Crippen LogP contribution in [0.3, 0.4) is 0 Å². The summed E-state index contributed by atoms with van der Waals surface area (Å²) in [6.45, 7) is 6.75.